The third-order valence-corrected chi connectivity index (χ3v) is 4.29. The van der Waals surface area contributed by atoms with Crippen LogP contribution in [0.3, 0.4) is 0 Å². The van der Waals surface area contributed by atoms with Crippen LogP contribution in [-0.2, 0) is 16.6 Å². The van der Waals surface area contributed by atoms with Crippen molar-refractivity contribution in [1.29, 1.82) is 0 Å². The molecule has 1 atom stereocenters. The lowest BCUT2D eigenvalue weighted by molar-refractivity contribution is 0.676. The molecular weight excluding hydrogens is 262 g/mol. The molecule has 0 aliphatic carbocycles. The van der Waals surface area contributed by atoms with E-state index in [4.69, 9.17) is 5.73 Å². The van der Waals surface area contributed by atoms with Gasteiger partial charge in [-0.2, -0.15) is 0 Å². The maximum atomic E-state index is 11.6. The van der Waals surface area contributed by atoms with E-state index in [1.807, 2.05) is 32.0 Å². The molecule has 0 aromatic heterocycles. The molecule has 2 N–H and O–H groups in total. The quantitative estimate of drug-likeness (QED) is 0.862. The predicted octanol–water partition coefficient (Wildman–Crippen LogP) is 2.69. The van der Waals surface area contributed by atoms with Gasteiger partial charge >= 0.3 is 0 Å². The van der Waals surface area contributed by atoms with Crippen LogP contribution in [0.5, 0.6) is 0 Å². The van der Waals surface area contributed by atoms with Crippen molar-refractivity contribution in [1.82, 2.24) is 0 Å². The Labute approximate surface area is 95.5 Å². The molecule has 0 aliphatic rings. The number of nitrogens with two attached hydrogens (primary N) is 1. The van der Waals surface area contributed by atoms with Crippen LogP contribution in [0.1, 0.15) is 19.4 Å². The normalized spacial score (nSPS) is 13.1. The lowest BCUT2D eigenvalue weighted by atomic mass is 10.2. The van der Waals surface area contributed by atoms with Crippen molar-refractivity contribution in [2.75, 3.05) is 5.73 Å². The Kier molecular flexibility index (Phi) is 4.13. The summed E-state index contributed by atoms with van der Waals surface area (Å²) in [5.74, 6) is 0.579. The van der Waals surface area contributed by atoms with E-state index in [2.05, 4.69) is 15.9 Å². The first kappa shape index (κ1) is 11.7. The Balaban J connectivity index is 2.78. The first-order chi connectivity index (χ1) is 6.50. The summed E-state index contributed by atoms with van der Waals surface area (Å²) in [4.78, 5) is 0. The van der Waals surface area contributed by atoms with Crippen molar-refractivity contribution in [2.24, 2.45) is 0 Å². The molecule has 0 spiro atoms. The SMILES string of the molecule is CC(C)S(=O)Cc1ccc(Br)c(N)c1. The molecular formula is C10H14BrNOS. The van der Waals surface area contributed by atoms with Gasteiger partial charge in [0.05, 0.1) is 0 Å². The average Bonchev–Trinajstić information content (AvgIpc) is 2.11. The van der Waals surface area contributed by atoms with Gasteiger partial charge in [-0.15, -0.1) is 0 Å². The number of rotatable bonds is 3. The van der Waals surface area contributed by atoms with Crippen molar-refractivity contribution in [3.8, 4) is 0 Å². The fraction of sp³-hybridized carbons (Fsp3) is 0.400. The Hall–Kier alpha value is -0.350. The molecule has 78 valence electrons. The minimum Gasteiger partial charge on any atom is -0.398 e. The van der Waals surface area contributed by atoms with E-state index in [1.54, 1.807) is 0 Å². The van der Waals surface area contributed by atoms with Gasteiger partial charge in [0.2, 0.25) is 0 Å². The number of hydrogen-bond donors (Lipinski definition) is 1. The van der Waals surface area contributed by atoms with Crippen LogP contribution in [0.4, 0.5) is 5.69 Å². The molecule has 0 saturated heterocycles. The van der Waals surface area contributed by atoms with Crippen LogP contribution >= 0.6 is 15.9 Å². The van der Waals surface area contributed by atoms with Crippen LogP contribution in [0.25, 0.3) is 0 Å². The number of anilines is 1. The van der Waals surface area contributed by atoms with E-state index in [-0.39, 0.29) is 5.25 Å². The third kappa shape index (κ3) is 3.10. The van der Waals surface area contributed by atoms with Gasteiger partial charge in [0.1, 0.15) is 0 Å². The minimum atomic E-state index is -0.808. The molecule has 0 aliphatic heterocycles. The second kappa shape index (κ2) is 4.94. The topological polar surface area (TPSA) is 43.1 Å². The standard InChI is InChI=1S/C10H14BrNOS/c1-7(2)14(13)6-8-3-4-9(11)10(12)5-8/h3-5,7H,6,12H2,1-2H3. The minimum absolute atomic E-state index is 0.194. The molecule has 4 heteroatoms. The summed E-state index contributed by atoms with van der Waals surface area (Å²) in [6, 6.07) is 5.70. The summed E-state index contributed by atoms with van der Waals surface area (Å²) in [7, 11) is -0.808. The van der Waals surface area contributed by atoms with Crippen molar-refractivity contribution < 1.29 is 4.21 Å². The van der Waals surface area contributed by atoms with Crippen LogP contribution in [0.15, 0.2) is 22.7 Å². The molecule has 1 aromatic carbocycles. The zero-order valence-electron chi connectivity index (χ0n) is 8.29. The average molecular weight is 276 g/mol. The van der Waals surface area contributed by atoms with Crippen molar-refractivity contribution in [3.05, 3.63) is 28.2 Å². The van der Waals surface area contributed by atoms with Crippen molar-refractivity contribution >= 4 is 32.4 Å². The molecule has 0 fully saturated rings. The first-order valence-corrected chi connectivity index (χ1v) is 6.59. The lowest BCUT2D eigenvalue weighted by Gasteiger charge is -2.06. The van der Waals surface area contributed by atoms with Gasteiger partial charge in [-0.1, -0.05) is 19.9 Å². The molecule has 14 heavy (non-hydrogen) atoms. The zero-order chi connectivity index (χ0) is 10.7. The zero-order valence-corrected chi connectivity index (χ0v) is 10.7. The Morgan fingerprint density at radius 1 is 1.50 bits per heavy atom. The van der Waals surface area contributed by atoms with Crippen LogP contribution < -0.4 is 5.73 Å². The molecule has 1 unspecified atom stereocenters. The molecule has 0 bridgehead atoms. The molecule has 0 amide bonds. The molecule has 1 rings (SSSR count). The highest BCUT2D eigenvalue weighted by Crippen LogP contribution is 2.21. The van der Waals surface area contributed by atoms with Gasteiger partial charge in [0.25, 0.3) is 0 Å². The monoisotopic (exact) mass is 275 g/mol. The summed E-state index contributed by atoms with van der Waals surface area (Å²) in [6.45, 7) is 3.91. The summed E-state index contributed by atoms with van der Waals surface area (Å²) >= 11 is 3.32. The van der Waals surface area contributed by atoms with Gasteiger partial charge in [0.15, 0.2) is 0 Å². The van der Waals surface area contributed by atoms with Crippen LogP contribution in [0, 0.1) is 0 Å². The van der Waals surface area contributed by atoms with Crippen molar-refractivity contribution in [2.45, 2.75) is 24.9 Å². The molecule has 2 nitrogen and oxygen atoms in total. The van der Waals surface area contributed by atoms with Crippen LogP contribution in [-0.4, -0.2) is 9.46 Å². The predicted molar refractivity (Wildman–Crippen MR) is 65.5 cm³/mol. The highest BCUT2D eigenvalue weighted by molar-refractivity contribution is 9.10. The second-order valence-electron chi connectivity index (χ2n) is 3.43. The summed E-state index contributed by atoms with van der Waals surface area (Å²) in [6.07, 6.45) is 0. The van der Waals surface area contributed by atoms with E-state index >= 15 is 0 Å². The second-order valence-corrected chi connectivity index (χ2v) is 6.28. The maximum absolute atomic E-state index is 11.6. The molecule has 0 heterocycles. The van der Waals surface area contributed by atoms with Crippen LogP contribution in [0.2, 0.25) is 0 Å². The molecule has 0 radical (unpaired) electrons. The van der Waals surface area contributed by atoms with Crippen molar-refractivity contribution in [3.63, 3.8) is 0 Å². The number of hydrogen-bond acceptors (Lipinski definition) is 2. The fourth-order valence-electron chi connectivity index (χ4n) is 1.01. The van der Waals surface area contributed by atoms with E-state index < -0.39 is 10.8 Å². The van der Waals surface area contributed by atoms with E-state index in [9.17, 15) is 4.21 Å². The van der Waals surface area contributed by atoms with Gasteiger partial charge in [-0.25, -0.2) is 0 Å². The van der Waals surface area contributed by atoms with E-state index in [1.165, 1.54) is 0 Å². The lowest BCUT2D eigenvalue weighted by Crippen LogP contribution is -2.08. The molecule has 1 aromatic rings. The maximum Gasteiger partial charge on any atom is 0.0489 e. The summed E-state index contributed by atoms with van der Waals surface area (Å²) < 4.78 is 12.5. The fourth-order valence-corrected chi connectivity index (χ4v) is 2.10. The van der Waals surface area contributed by atoms with Gasteiger partial charge in [0, 0.05) is 32.0 Å². The summed E-state index contributed by atoms with van der Waals surface area (Å²) in [5.41, 5.74) is 7.45. The number of nitrogen functional groups attached to an aromatic ring is 1. The Bertz CT molecular complexity index is 352. The van der Waals surface area contributed by atoms with E-state index in [0.717, 1.165) is 10.0 Å². The Morgan fingerprint density at radius 2 is 2.14 bits per heavy atom. The molecule has 0 saturated carbocycles. The van der Waals surface area contributed by atoms with E-state index in [0.29, 0.717) is 11.4 Å². The third-order valence-electron chi connectivity index (χ3n) is 1.90. The smallest absolute Gasteiger partial charge is 0.0489 e. The van der Waals surface area contributed by atoms with Gasteiger partial charge < -0.3 is 5.73 Å². The first-order valence-electron chi connectivity index (χ1n) is 4.41. The highest BCUT2D eigenvalue weighted by Gasteiger charge is 2.07. The summed E-state index contributed by atoms with van der Waals surface area (Å²) in [5, 5.41) is 0.194. The number of halogens is 1. The Morgan fingerprint density at radius 3 is 2.64 bits per heavy atom. The largest absolute Gasteiger partial charge is 0.398 e. The van der Waals surface area contributed by atoms with Gasteiger partial charge in [-0.3, -0.25) is 4.21 Å². The van der Waals surface area contributed by atoms with Gasteiger partial charge in [-0.05, 0) is 33.6 Å². The highest BCUT2D eigenvalue weighted by atomic mass is 79.9. The number of benzene rings is 1.